The van der Waals surface area contributed by atoms with Crippen LogP contribution in [0.15, 0.2) is 36.5 Å². The van der Waals surface area contributed by atoms with E-state index in [1.165, 1.54) is 5.56 Å². The molecule has 1 aromatic heterocycles. The van der Waals surface area contributed by atoms with E-state index in [2.05, 4.69) is 6.07 Å². The molecule has 2 heterocycles. The van der Waals surface area contributed by atoms with Gasteiger partial charge < -0.3 is 14.6 Å². The summed E-state index contributed by atoms with van der Waals surface area (Å²) >= 11 is 5.96. The molecule has 2 aromatic rings. The Morgan fingerprint density at radius 2 is 2.19 bits per heavy atom. The molecule has 110 valence electrons. The number of fused-ring (bicyclic) bond motifs is 1. The van der Waals surface area contributed by atoms with E-state index in [0.29, 0.717) is 17.3 Å². The number of aromatic nitrogens is 1. The highest BCUT2D eigenvalue weighted by molar-refractivity contribution is 6.31. The normalized spacial score (nSPS) is 17.7. The minimum absolute atomic E-state index is 0.0824. The maximum Gasteiger partial charge on any atom is 0.271 e. The van der Waals surface area contributed by atoms with Crippen molar-refractivity contribution in [2.45, 2.75) is 12.5 Å². The van der Waals surface area contributed by atoms with E-state index < -0.39 is 0 Å². The van der Waals surface area contributed by atoms with Crippen LogP contribution in [0.2, 0.25) is 5.02 Å². The lowest BCUT2D eigenvalue weighted by Gasteiger charge is -2.36. The molecule has 0 saturated heterocycles. The van der Waals surface area contributed by atoms with Crippen molar-refractivity contribution in [1.29, 1.82) is 0 Å². The smallest absolute Gasteiger partial charge is 0.271 e. The first-order valence-electron chi connectivity index (χ1n) is 6.93. The van der Waals surface area contributed by atoms with E-state index >= 15 is 0 Å². The molecular weight excluding hydrogens is 288 g/mol. The minimum Gasteiger partial charge on any atom is -0.394 e. The number of hydrogen-bond donors (Lipinski definition) is 1. The lowest BCUT2D eigenvalue weighted by molar-refractivity contribution is 0.0559. The summed E-state index contributed by atoms with van der Waals surface area (Å²) in [4.78, 5) is 14.5. The summed E-state index contributed by atoms with van der Waals surface area (Å²) < 4.78 is 1.72. The van der Waals surface area contributed by atoms with Crippen LogP contribution in [-0.2, 0) is 13.5 Å². The zero-order valence-electron chi connectivity index (χ0n) is 11.8. The molecule has 0 saturated carbocycles. The molecule has 1 aliphatic heterocycles. The molecule has 0 aliphatic carbocycles. The van der Waals surface area contributed by atoms with E-state index in [0.717, 1.165) is 12.0 Å². The first kappa shape index (κ1) is 14.2. The summed E-state index contributed by atoms with van der Waals surface area (Å²) in [6.45, 7) is 0.519. The largest absolute Gasteiger partial charge is 0.394 e. The van der Waals surface area contributed by atoms with Crippen LogP contribution in [-0.4, -0.2) is 33.6 Å². The number of carbonyl (C=O) groups is 1. The quantitative estimate of drug-likeness (QED) is 0.926. The Morgan fingerprint density at radius 3 is 2.86 bits per heavy atom. The molecule has 5 heteroatoms. The predicted octanol–water partition coefficient (Wildman–Crippen LogP) is 2.41. The van der Waals surface area contributed by atoms with Gasteiger partial charge in [-0.1, -0.05) is 35.9 Å². The molecule has 0 spiro atoms. The van der Waals surface area contributed by atoms with Crippen molar-refractivity contribution in [2.75, 3.05) is 13.2 Å². The molecular formula is C16H17ClN2O2. The molecule has 0 fully saturated rings. The molecule has 1 atom stereocenters. The van der Waals surface area contributed by atoms with Crippen LogP contribution in [0.3, 0.4) is 0 Å². The van der Waals surface area contributed by atoms with E-state index in [9.17, 15) is 9.90 Å². The van der Waals surface area contributed by atoms with E-state index in [1.807, 2.05) is 18.2 Å². The van der Waals surface area contributed by atoms with Gasteiger partial charge in [-0.15, -0.1) is 0 Å². The van der Waals surface area contributed by atoms with Gasteiger partial charge >= 0.3 is 0 Å². The number of aliphatic hydroxyl groups is 1. The summed E-state index contributed by atoms with van der Waals surface area (Å²) in [5.74, 6) is -0.0991. The second kappa shape index (κ2) is 5.54. The van der Waals surface area contributed by atoms with Crippen LogP contribution < -0.4 is 0 Å². The zero-order valence-corrected chi connectivity index (χ0v) is 12.5. The fourth-order valence-electron chi connectivity index (χ4n) is 2.98. The molecule has 1 amide bonds. The Kier molecular flexibility index (Phi) is 3.74. The van der Waals surface area contributed by atoms with Gasteiger partial charge in [0.05, 0.1) is 17.7 Å². The van der Waals surface area contributed by atoms with Crippen LogP contribution in [0.5, 0.6) is 0 Å². The van der Waals surface area contributed by atoms with E-state index in [1.54, 1.807) is 28.8 Å². The Morgan fingerprint density at radius 1 is 1.43 bits per heavy atom. The molecule has 0 radical (unpaired) electrons. The van der Waals surface area contributed by atoms with Gasteiger partial charge in [-0.05, 0) is 23.6 Å². The number of aryl methyl sites for hydroxylation is 1. The number of hydrogen-bond acceptors (Lipinski definition) is 2. The zero-order chi connectivity index (χ0) is 15.0. The lowest BCUT2D eigenvalue weighted by atomic mass is 9.93. The van der Waals surface area contributed by atoms with Gasteiger partial charge in [0.15, 0.2) is 0 Å². The van der Waals surface area contributed by atoms with Crippen LogP contribution in [0.4, 0.5) is 0 Å². The van der Waals surface area contributed by atoms with Gasteiger partial charge in [0, 0.05) is 19.8 Å². The Hall–Kier alpha value is -1.78. The highest BCUT2D eigenvalue weighted by Gasteiger charge is 2.31. The van der Waals surface area contributed by atoms with Crippen molar-refractivity contribution >= 4 is 17.5 Å². The monoisotopic (exact) mass is 304 g/mol. The fourth-order valence-corrected chi connectivity index (χ4v) is 3.23. The van der Waals surface area contributed by atoms with Crippen molar-refractivity contribution in [2.24, 2.45) is 7.05 Å². The van der Waals surface area contributed by atoms with Gasteiger partial charge in [-0.3, -0.25) is 4.79 Å². The summed E-state index contributed by atoms with van der Waals surface area (Å²) in [5.41, 5.74) is 2.77. The van der Waals surface area contributed by atoms with Crippen molar-refractivity contribution in [3.05, 3.63) is 58.4 Å². The van der Waals surface area contributed by atoms with Crippen molar-refractivity contribution < 1.29 is 9.90 Å². The number of aliphatic hydroxyl groups excluding tert-OH is 1. The van der Waals surface area contributed by atoms with Crippen LogP contribution in [0, 0.1) is 0 Å². The summed E-state index contributed by atoms with van der Waals surface area (Å²) in [5, 5.41) is 10.3. The van der Waals surface area contributed by atoms with Gasteiger partial charge in [0.1, 0.15) is 5.69 Å². The van der Waals surface area contributed by atoms with Crippen LogP contribution in [0.1, 0.15) is 27.7 Å². The number of halogens is 1. The van der Waals surface area contributed by atoms with Gasteiger partial charge in [-0.25, -0.2) is 0 Å². The molecule has 4 nitrogen and oxygen atoms in total. The average molecular weight is 305 g/mol. The summed E-state index contributed by atoms with van der Waals surface area (Å²) in [7, 11) is 1.80. The Bertz CT molecular complexity index is 681. The number of carbonyl (C=O) groups excluding carboxylic acids is 1. The Balaban J connectivity index is 1.96. The minimum atomic E-state index is -0.295. The number of benzene rings is 1. The highest BCUT2D eigenvalue weighted by Crippen LogP contribution is 2.30. The molecule has 1 N–H and O–H groups in total. The third-order valence-corrected chi connectivity index (χ3v) is 4.24. The molecule has 21 heavy (non-hydrogen) atoms. The molecule has 0 bridgehead atoms. The van der Waals surface area contributed by atoms with E-state index in [-0.39, 0.29) is 18.6 Å². The van der Waals surface area contributed by atoms with Gasteiger partial charge in [0.25, 0.3) is 5.91 Å². The second-order valence-electron chi connectivity index (χ2n) is 5.30. The summed E-state index contributed by atoms with van der Waals surface area (Å²) in [6, 6.07) is 9.33. The van der Waals surface area contributed by atoms with Crippen molar-refractivity contribution in [3.8, 4) is 0 Å². The SMILES string of the molecule is Cn1cc(Cl)cc1C(=O)N1CCc2ccccc2C1CO. The topological polar surface area (TPSA) is 45.5 Å². The fraction of sp³-hybridized carbons (Fsp3) is 0.312. The maximum absolute atomic E-state index is 12.7. The summed E-state index contributed by atoms with van der Waals surface area (Å²) in [6.07, 6.45) is 2.51. The second-order valence-corrected chi connectivity index (χ2v) is 5.74. The van der Waals surface area contributed by atoms with Crippen molar-refractivity contribution in [1.82, 2.24) is 9.47 Å². The third-order valence-electron chi connectivity index (χ3n) is 4.04. The standard InChI is InChI=1S/C16H17ClN2O2/c1-18-9-12(17)8-14(18)16(21)19-7-6-11-4-2-3-5-13(11)15(19)10-20/h2-5,8-9,15,20H,6-7,10H2,1H3. The van der Waals surface area contributed by atoms with Crippen LogP contribution >= 0.6 is 11.6 Å². The number of nitrogens with zero attached hydrogens (tertiary/aromatic N) is 2. The van der Waals surface area contributed by atoms with Crippen LogP contribution in [0.25, 0.3) is 0 Å². The first-order chi connectivity index (χ1) is 10.1. The maximum atomic E-state index is 12.7. The molecule has 3 rings (SSSR count). The molecule has 1 aromatic carbocycles. The predicted molar refractivity (Wildman–Crippen MR) is 81.4 cm³/mol. The van der Waals surface area contributed by atoms with E-state index in [4.69, 9.17) is 11.6 Å². The van der Waals surface area contributed by atoms with Gasteiger partial charge in [-0.2, -0.15) is 0 Å². The highest BCUT2D eigenvalue weighted by atomic mass is 35.5. The number of amides is 1. The van der Waals surface area contributed by atoms with Gasteiger partial charge in [0.2, 0.25) is 0 Å². The first-order valence-corrected chi connectivity index (χ1v) is 7.31. The molecule has 1 unspecified atom stereocenters. The third kappa shape index (κ3) is 2.45. The lowest BCUT2D eigenvalue weighted by Crippen LogP contribution is -2.42. The average Bonchev–Trinajstić information content (AvgIpc) is 2.84. The Labute approximate surface area is 128 Å². The number of rotatable bonds is 2. The van der Waals surface area contributed by atoms with Crippen molar-refractivity contribution in [3.63, 3.8) is 0 Å². The molecule has 1 aliphatic rings.